The molecule has 4 N–H and O–H groups in total. The third-order valence-electron chi connectivity index (χ3n) is 4.88. The molecule has 0 radical (unpaired) electrons. The van der Waals surface area contributed by atoms with Gasteiger partial charge in [0.1, 0.15) is 0 Å². The molecule has 0 aliphatic heterocycles. The third kappa shape index (κ3) is 7.58. The standard InChI is InChI=1S/2C8H18O2/c1-6(5-9)8(3,4)7(2)10;1-6(5-9)7(2)8(3,4)10/h2*6-7,9-10H,5H2,1-4H3. The Labute approximate surface area is 124 Å². The lowest BCUT2D eigenvalue weighted by molar-refractivity contribution is -0.00984. The Balaban J connectivity index is 0. The minimum atomic E-state index is -0.678. The zero-order chi connectivity index (χ0) is 16.7. The van der Waals surface area contributed by atoms with E-state index in [1.807, 2.05) is 34.6 Å². The summed E-state index contributed by atoms with van der Waals surface area (Å²) < 4.78 is 0. The second-order valence-corrected chi connectivity index (χ2v) is 7.18. The normalized spacial score (nSPS) is 18.6. The van der Waals surface area contributed by atoms with Crippen LogP contribution >= 0.6 is 0 Å². The molecule has 0 aliphatic carbocycles. The van der Waals surface area contributed by atoms with Gasteiger partial charge in [-0.3, -0.25) is 0 Å². The maximum atomic E-state index is 9.48. The molecule has 0 aromatic heterocycles. The van der Waals surface area contributed by atoms with Crippen molar-refractivity contribution < 1.29 is 20.4 Å². The molecule has 4 heteroatoms. The highest BCUT2D eigenvalue weighted by molar-refractivity contribution is 4.79. The Morgan fingerprint density at radius 2 is 1.25 bits per heavy atom. The van der Waals surface area contributed by atoms with Gasteiger partial charge >= 0.3 is 0 Å². The van der Waals surface area contributed by atoms with Crippen LogP contribution < -0.4 is 0 Å². The molecule has 0 saturated heterocycles. The maximum absolute atomic E-state index is 9.48. The van der Waals surface area contributed by atoms with Crippen LogP contribution in [0.15, 0.2) is 0 Å². The Morgan fingerprint density at radius 1 is 0.850 bits per heavy atom. The lowest BCUT2D eigenvalue weighted by Crippen LogP contribution is -2.35. The summed E-state index contributed by atoms with van der Waals surface area (Å²) >= 11 is 0. The number of aliphatic hydroxyl groups is 4. The molecule has 0 fully saturated rings. The first kappa shape index (κ1) is 22.1. The Bertz CT molecular complexity index is 243. The number of hydrogen-bond donors (Lipinski definition) is 4. The van der Waals surface area contributed by atoms with Crippen molar-refractivity contribution in [2.24, 2.45) is 23.2 Å². The Morgan fingerprint density at radius 3 is 1.35 bits per heavy atom. The molecule has 124 valence electrons. The van der Waals surface area contributed by atoms with Gasteiger partial charge in [0, 0.05) is 13.2 Å². The highest BCUT2D eigenvalue weighted by atomic mass is 16.3. The summed E-state index contributed by atoms with van der Waals surface area (Å²) in [6.07, 6.45) is -0.366. The van der Waals surface area contributed by atoms with E-state index in [1.54, 1.807) is 20.8 Å². The molecule has 0 aromatic rings. The Hall–Kier alpha value is -0.160. The summed E-state index contributed by atoms with van der Waals surface area (Å²) in [5, 5.41) is 36.3. The van der Waals surface area contributed by atoms with E-state index in [1.165, 1.54) is 0 Å². The van der Waals surface area contributed by atoms with Gasteiger partial charge in [-0.25, -0.2) is 0 Å². The zero-order valence-corrected chi connectivity index (χ0v) is 14.5. The minimum Gasteiger partial charge on any atom is -0.396 e. The summed E-state index contributed by atoms with van der Waals surface area (Å²) in [4.78, 5) is 0. The van der Waals surface area contributed by atoms with E-state index in [4.69, 9.17) is 10.2 Å². The van der Waals surface area contributed by atoms with Crippen LogP contribution in [-0.4, -0.2) is 45.3 Å². The first-order valence-electron chi connectivity index (χ1n) is 7.44. The van der Waals surface area contributed by atoms with Crippen molar-refractivity contribution in [1.82, 2.24) is 0 Å². The molecule has 0 rings (SSSR count). The van der Waals surface area contributed by atoms with Crippen molar-refractivity contribution in [1.29, 1.82) is 0 Å². The van der Waals surface area contributed by atoms with Crippen molar-refractivity contribution in [2.45, 2.75) is 67.1 Å². The quantitative estimate of drug-likeness (QED) is 0.604. The lowest BCUT2D eigenvalue weighted by atomic mass is 9.76. The van der Waals surface area contributed by atoms with Crippen LogP contribution in [0.5, 0.6) is 0 Å². The van der Waals surface area contributed by atoms with Gasteiger partial charge in [0.25, 0.3) is 0 Å². The highest BCUT2D eigenvalue weighted by Gasteiger charge is 2.30. The highest BCUT2D eigenvalue weighted by Crippen LogP contribution is 2.29. The van der Waals surface area contributed by atoms with Gasteiger partial charge < -0.3 is 20.4 Å². The summed E-state index contributed by atoms with van der Waals surface area (Å²) in [5.41, 5.74) is -0.864. The summed E-state index contributed by atoms with van der Waals surface area (Å²) in [7, 11) is 0. The summed E-state index contributed by atoms with van der Waals surface area (Å²) in [6.45, 7) is 15.3. The fourth-order valence-corrected chi connectivity index (χ4v) is 1.50. The lowest BCUT2D eigenvalue weighted by Gasteiger charge is -2.33. The fraction of sp³-hybridized carbons (Fsp3) is 1.00. The van der Waals surface area contributed by atoms with Crippen LogP contribution in [0, 0.1) is 23.2 Å². The zero-order valence-electron chi connectivity index (χ0n) is 14.5. The molecule has 4 unspecified atom stereocenters. The number of rotatable bonds is 6. The van der Waals surface area contributed by atoms with Crippen LogP contribution in [-0.2, 0) is 0 Å². The smallest absolute Gasteiger partial charge is 0.0620 e. The largest absolute Gasteiger partial charge is 0.396 e. The van der Waals surface area contributed by atoms with Crippen LogP contribution in [0.1, 0.15) is 55.4 Å². The van der Waals surface area contributed by atoms with Crippen LogP contribution in [0.4, 0.5) is 0 Å². The average molecular weight is 292 g/mol. The van der Waals surface area contributed by atoms with Gasteiger partial charge in [0.2, 0.25) is 0 Å². The van der Waals surface area contributed by atoms with Crippen molar-refractivity contribution in [3.8, 4) is 0 Å². The van der Waals surface area contributed by atoms with E-state index in [9.17, 15) is 10.2 Å². The third-order valence-corrected chi connectivity index (χ3v) is 4.88. The van der Waals surface area contributed by atoms with E-state index in [2.05, 4.69) is 0 Å². The van der Waals surface area contributed by atoms with E-state index >= 15 is 0 Å². The second-order valence-electron chi connectivity index (χ2n) is 7.18. The van der Waals surface area contributed by atoms with Gasteiger partial charge in [-0.1, -0.05) is 34.6 Å². The predicted octanol–water partition coefficient (Wildman–Crippen LogP) is 2.04. The van der Waals surface area contributed by atoms with E-state index < -0.39 is 5.60 Å². The summed E-state index contributed by atoms with van der Waals surface area (Å²) in [5.74, 6) is 0.449. The average Bonchev–Trinajstić information content (AvgIpc) is 2.35. The van der Waals surface area contributed by atoms with E-state index in [0.29, 0.717) is 0 Å². The fourth-order valence-electron chi connectivity index (χ4n) is 1.50. The molecule has 0 aliphatic rings. The molecule has 4 atom stereocenters. The van der Waals surface area contributed by atoms with Crippen LogP contribution in [0.2, 0.25) is 0 Å². The number of aliphatic hydroxyl groups excluding tert-OH is 3. The van der Waals surface area contributed by atoms with Gasteiger partial charge in [-0.05, 0) is 43.9 Å². The van der Waals surface area contributed by atoms with Crippen molar-refractivity contribution in [2.75, 3.05) is 13.2 Å². The van der Waals surface area contributed by atoms with Crippen molar-refractivity contribution >= 4 is 0 Å². The molecule has 0 amide bonds. The molecule has 0 aromatic carbocycles. The first-order chi connectivity index (χ1) is 8.82. The molecule has 4 nitrogen and oxygen atoms in total. The van der Waals surface area contributed by atoms with Gasteiger partial charge in [0.05, 0.1) is 11.7 Å². The van der Waals surface area contributed by atoms with Gasteiger partial charge in [0.15, 0.2) is 0 Å². The summed E-state index contributed by atoms with van der Waals surface area (Å²) in [6, 6.07) is 0. The molecular formula is C16H36O4. The first-order valence-corrected chi connectivity index (χ1v) is 7.44. The molecule has 20 heavy (non-hydrogen) atoms. The molecule has 0 saturated carbocycles. The topological polar surface area (TPSA) is 80.9 Å². The van der Waals surface area contributed by atoms with Crippen molar-refractivity contribution in [3.63, 3.8) is 0 Å². The van der Waals surface area contributed by atoms with Crippen molar-refractivity contribution in [3.05, 3.63) is 0 Å². The monoisotopic (exact) mass is 292 g/mol. The van der Waals surface area contributed by atoms with Crippen LogP contribution in [0.25, 0.3) is 0 Å². The second kappa shape index (κ2) is 8.98. The number of hydrogen-bond acceptors (Lipinski definition) is 4. The molecule has 0 spiro atoms. The van der Waals surface area contributed by atoms with E-state index in [0.717, 1.165) is 0 Å². The Kier molecular flexibility index (Phi) is 9.94. The predicted molar refractivity (Wildman–Crippen MR) is 83.4 cm³/mol. The SMILES string of the molecule is CC(CO)C(C)C(C)(C)O.CC(O)C(C)(C)C(C)CO. The molecule has 0 bridgehead atoms. The van der Waals surface area contributed by atoms with E-state index in [-0.39, 0.29) is 42.5 Å². The van der Waals surface area contributed by atoms with Crippen LogP contribution in [0.3, 0.4) is 0 Å². The molecular weight excluding hydrogens is 256 g/mol. The minimum absolute atomic E-state index is 0.137. The molecule has 0 heterocycles. The maximum Gasteiger partial charge on any atom is 0.0620 e. The van der Waals surface area contributed by atoms with Gasteiger partial charge in [-0.15, -0.1) is 0 Å². The van der Waals surface area contributed by atoms with Gasteiger partial charge in [-0.2, -0.15) is 0 Å².